The molecule has 0 spiro atoms. The molecule has 0 radical (unpaired) electrons. The highest BCUT2D eigenvalue weighted by molar-refractivity contribution is 5.77. The van der Waals surface area contributed by atoms with Crippen molar-refractivity contribution in [2.45, 2.75) is 38.6 Å². The van der Waals surface area contributed by atoms with E-state index in [0.717, 1.165) is 18.8 Å². The van der Waals surface area contributed by atoms with Crippen LogP contribution in [0.25, 0.3) is 11.1 Å². The third kappa shape index (κ3) is 2.59. The first kappa shape index (κ1) is 12.9. The van der Waals surface area contributed by atoms with Crippen molar-refractivity contribution in [1.29, 1.82) is 0 Å². The number of rotatable bonds is 3. The maximum absolute atomic E-state index is 10.7. The van der Waals surface area contributed by atoms with E-state index in [2.05, 4.69) is 17.2 Å². The lowest BCUT2D eigenvalue weighted by atomic mass is 9.87. The lowest BCUT2D eigenvalue weighted by molar-refractivity contribution is -0.384. The molecule has 1 N–H and O–H groups in total. The molecule has 3 rings (SSSR count). The lowest BCUT2D eigenvalue weighted by Gasteiger charge is -2.26. The first-order valence-electron chi connectivity index (χ1n) is 6.93. The summed E-state index contributed by atoms with van der Waals surface area (Å²) in [5, 5.41) is 14.0. The molecule has 1 aliphatic rings. The first-order chi connectivity index (χ1) is 9.61. The van der Waals surface area contributed by atoms with Gasteiger partial charge in [0.25, 0.3) is 11.7 Å². The number of benzene rings is 1. The van der Waals surface area contributed by atoms with Crippen molar-refractivity contribution < 1.29 is 9.34 Å². The number of nitrogens with one attached hydrogen (secondary N) is 1. The number of hydrogen-bond acceptors (Lipinski definition) is 5. The van der Waals surface area contributed by atoms with Crippen molar-refractivity contribution in [2.24, 2.45) is 5.92 Å². The van der Waals surface area contributed by atoms with E-state index < -0.39 is 4.92 Å². The number of anilines is 1. The Morgan fingerprint density at radius 2 is 2.10 bits per heavy atom. The van der Waals surface area contributed by atoms with Crippen LogP contribution in [0, 0.1) is 16.0 Å². The Bertz CT molecular complexity index is 630. The summed E-state index contributed by atoms with van der Waals surface area (Å²) in [4.78, 5) is 14.6. The van der Waals surface area contributed by atoms with Gasteiger partial charge in [-0.25, -0.2) is 0 Å². The van der Waals surface area contributed by atoms with Crippen LogP contribution < -0.4 is 5.32 Å². The molecule has 20 heavy (non-hydrogen) atoms. The number of aromatic nitrogens is 1. The van der Waals surface area contributed by atoms with E-state index in [1.54, 1.807) is 6.07 Å². The largest absolute Gasteiger partial charge is 0.424 e. The second-order valence-corrected chi connectivity index (χ2v) is 5.53. The first-order valence-corrected chi connectivity index (χ1v) is 6.93. The second-order valence-electron chi connectivity index (χ2n) is 5.53. The topological polar surface area (TPSA) is 81.2 Å². The van der Waals surface area contributed by atoms with Crippen LogP contribution in [-0.2, 0) is 0 Å². The average molecular weight is 275 g/mol. The van der Waals surface area contributed by atoms with Crippen molar-refractivity contribution in [2.75, 3.05) is 5.32 Å². The van der Waals surface area contributed by atoms with Gasteiger partial charge in [-0.15, -0.1) is 0 Å². The van der Waals surface area contributed by atoms with Gasteiger partial charge in [0.05, 0.1) is 4.92 Å². The van der Waals surface area contributed by atoms with Crippen molar-refractivity contribution in [3.05, 3.63) is 28.3 Å². The van der Waals surface area contributed by atoms with Gasteiger partial charge in [-0.2, -0.15) is 4.98 Å². The minimum atomic E-state index is -0.427. The van der Waals surface area contributed by atoms with E-state index in [1.165, 1.54) is 25.0 Å². The van der Waals surface area contributed by atoms with Gasteiger partial charge in [-0.05, 0) is 37.7 Å². The summed E-state index contributed by atoms with van der Waals surface area (Å²) in [7, 11) is 0. The number of nitro groups is 1. The Labute approximate surface area is 116 Å². The number of hydrogen-bond donors (Lipinski definition) is 1. The van der Waals surface area contributed by atoms with Gasteiger partial charge in [0.15, 0.2) is 5.58 Å². The number of fused-ring (bicyclic) bond motifs is 1. The molecule has 1 heterocycles. The molecule has 0 unspecified atom stereocenters. The maximum Gasteiger partial charge on any atom is 0.295 e. The van der Waals surface area contributed by atoms with Gasteiger partial charge < -0.3 is 9.73 Å². The fourth-order valence-electron chi connectivity index (χ4n) is 2.67. The molecule has 6 nitrogen and oxygen atoms in total. The molecular formula is C14H17N3O3. The molecule has 1 saturated carbocycles. The normalized spacial score (nSPS) is 22.9. The SMILES string of the molecule is CC1CCC(Nc2nc3cc([N+](=O)[O-])ccc3o2)CC1. The van der Waals surface area contributed by atoms with Gasteiger partial charge in [-0.1, -0.05) is 6.92 Å². The summed E-state index contributed by atoms with van der Waals surface area (Å²) in [6, 6.07) is 5.30. The van der Waals surface area contributed by atoms with Crippen molar-refractivity contribution in [3.8, 4) is 0 Å². The van der Waals surface area contributed by atoms with Crippen LogP contribution in [-0.4, -0.2) is 15.9 Å². The van der Waals surface area contributed by atoms with Crippen LogP contribution in [0.4, 0.5) is 11.7 Å². The summed E-state index contributed by atoms with van der Waals surface area (Å²) in [5.74, 6) is 0.791. The van der Waals surface area contributed by atoms with E-state index in [-0.39, 0.29) is 5.69 Å². The molecule has 1 fully saturated rings. The molecule has 0 atom stereocenters. The lowest BCUT2D eigenvalue weighted by Crippen LogP contribution is -2.25. The van der Waals surface area contributed by atoms with Gasteiger partial charge in [0, 0.05) is 18.2 Å². The molecule has 2 aromatic rings. The Balaban J connectivity index is 1.77. The highest BCUT2D eigenvalue weighted by Gasteiger charge is 2.20. The molecule has 6 heteroatoms. The number of nitrogens with zero attached hydrogens (tertiary/aromatic N) is 2. The predicted molar refractivity (Wildman–Crippen MR) is 75.7 cm³/mol. The zero-order chi connectivity index (χ0) is 14.1. The molecule has 0 aliphatic heterocycles. The molecule has 1 aromatic heterocycles. The summed E-state index contributed by atoms with van der Waals surface area (Å²) < 4.78 is 5.59. The van der Waals surface area contributed by atoms with E-state index in [9.17, 15) is 10.1 Å². The fraction of sp³-hybridized carbons (Fsp3) is 0.500. The Morgan fingerprint density at radius 3 is 2.80 bits per heavy atom. The summed E-state index contributed by atoms with van der Waals surface area (Å²) in [6.07, 6.45) is 4.65. The predicted octanol–water partition coefficient (Wildman–Crippen LogP) is 3.73. The third-order valence-electron chi connectivity index (χ3n) is 3.93. The van der Waals surface area contributed by atoms with Crippen molar-refractivity contribution in [3.63, 3.8) is 0 Å². The zero-order valence-electron chi connectivity index (χ0n) is 11.3. The maximum atomic E-state index is 10.7. The zero-order valence-corrected chi connectivity index (χ0v) is 11.3. The molecule has 1 aromatic carbocycles. The summed E-state index contributed by atoms with van der Waals surface area (Å²) in [6.45, 7) is 2.27. The number of oxazole rings is 1. The summed E-state index contributed by atoms with van der Waals surface area (Å²) in [5.41, 5.74) is 1.12. The highest BCUT2D eigenvalue weighted by Crippen LogP contribution is 2.28. The third-order valence-corrected chi connectivity index (χ3v) is 3.93. The second kappa shape index (κ2) is 5.11. The van der Waals surface area contributed by atoms with Crippen molar-refractivity contribution in [1.82, 2.24) is 4.98 Å². The Kier molecular flexibility index (Phi) is 3.30. The minimum absolute atomic E-state index is 0.0313. The van der Waals surface area contributed by atoms with Crippen LogP contribution in [0.5, 0.6) is 0 Å². The van der Waals surface area contributed by atoms with Gasteiger partial charge in [0.2, 0.25) is 0 Å². The summed E-state index contributed by atoms with van der Waals surface area (Å²) >= 11 is 0. The van der Waals surface area contributed by atoms with E-state index in [1.807, 2.05) is 0 Å². The quantitative estimate of drug-likeness (QED) is 0.681. The Morgan fingerprint density at radius 1 is 1.35 bits per heavy atom. The highest BCUT2D eigenvalue weighted by atomic mass is 16.6. The minimum Gasteiger partial charge on any atom is -0.424 e. The van der Waals surface area contributed by atoms with E-state index in [4.69, 9.17) is 4.42 Å². The average Bonchev–Trinajstić information content (AvgIpc) is 2.82. The molecule has 0 amide bonds. The molecule has 0 bridgehead atoms. The smallest absolute Gasteiger partial charge is 0.295 e. The molecule has 106 valence electrons. The number of non-ortho nitro benzene ring substituents is 1. The van der Waals surface area contributed by atoms with Crippen molar-refractivity contribution >= 4 is 22.8 Å². The van der Waals surface area contributed by atoms with E-state index >= 15 is 0 Å². The van der Waals surface area contributed by atoms with Crippen LogP contribution in [0.15, 0.2) is 22.6 Å². The van der Waals surface area contributed by atoms with Crippen LogP contribution in [0.1, 0.15) is 32.6 Å². The Hall–Kier alpha value is -2.11. The van der Waals surface area contributed by atoms with Gasteiger partial charge >= 0.3 is 0 Å². The monoisotopic (exact) mass is 275 g/mol. The molecule has 0 saturated heterocycles. The molecule has 1 aliphatic carbocycles. The molecular weight excluding hydrogens is 258 g/mol. The fourth-order valence-corrected chi connectivity index (χ4v) is 2.67. The van der Waals surface area contributed by atoms with Crippen LogP contribution >= 0.6 is 0 Å². The van der Waals surface area contributed by atoms with Crippen LogP contribution in [0.3, 0.4) is 0 Å². The van der Waals surface area contributed by atoms with Gasteiger partial charge in [-0.3, -0.25) is 10.1 Å². The van der Waals surface area contributed by atoms with Crippen LogP contribution in [0.2, 0.25) is 0 Å². The number of nitro benzene ring substituents is 1. The van der Waals surface area contributed by atoms with Gasteiger partial charge in [0.1, 0.15) is 5.52 Å². The van der Waals surface area contributed by atoms with E-state index in [0.29, 0.717) is 23.2 Å². The standard InChI is InChI=1S/C14H17N3O3/c1-9-2-4-10(5-3-9)15-14-16-12-8-11(17(18)19)6-7-13(12)20-14/h6-10H,2-5H2,1H3,(H,15,16).